The van der Waals surface area contributed by atoms with Gasteiger partial charge in [-0.05, 0) is 52.7 Å². The lowest BCUT2D eigenvalue weighted by Gasteiger charge is -2.08. The smallest absolute Gasteiger partial charge is 0.165 e. The minimum atomic E-state index is -0.340. The van der Waals surface area contributed by atoms with Crippen molar-refractivity contribution in [2.24, 2.45) is 0 Å². The van der Waals surface area contributed by atoms with Gasteiger partial charge in [-0.3, -0.25) is 4.98 Å². The number of pyridine rings is 1. The number of benzene rings is 1. The van der Waals surface area contributed by atoms with Crippen LogP contribution in [0, 0.1) is 5.82 Å². The van der Waals surface area contributed by atoms with E-state index in [0.717, 1.165) is 28.6 Å². The molecule has 2 aromatic rings. The Kier molecular flexibility index (Phi) is 6.18. The Morgan fingerprint density at radius 1 is 1.14 bits per heavy atom. The monoisotopic (exact) mass is 351 g/mol. The van der Waals surface area contributed by atoms with E-state index < -0.39 is 0 Å². The van der Waals surface area contributed by atoms with Crippen LogP contribution >= 0.6 is 15.9 Å². The van der Waals surface area contributed by atoms with Crippen LogP contribution in [-0.4, -0.2) is 11.6 Å². The molecule has 0 saturated heterocycles. The molecule has 2 rings (SSSR count). The summed E-state index contributed by atoms with van der Waals surface area (Å²) in [5, 5.41) is 0. The molecule has 4 heteroatoms. The van der Waals surface area contributed by atoms with Gasteiger partial charge in [-0.25, -0.2) is 4.39 Å². The van der Waals surface area contributed by atoms with Gasteiger partial charge in [0.25, 0.3) is 0 Å². The van der Waals surface area contributed by atoms with Gasteiger partial charge in [-0.2, -0.15) is 0 Å². The lowest BCUT2D eigenvalue weighted by Crippen LogP contribution is -1.99. The molecule has 0 spiro atoms. The van der Waals surface area contributed by atoms with Crippen LogP contribution in [0.3, 0.4) is 0 Å². The van der Waals surface area contributed by atoms with Gasteiger partial charge in [0.2, 0.25) is 0 Å². The van der Waals surface area contributed by atoms with Gasteiger partial charge in [0.15, 0.2) is 11.6 Å². The second-order valence-electron chi connectivity index (χ2n) is 4.92. The minimum absolute atomic E-state index is 0.312. The van der Waals surface area contributed by atoms with Gasteiger partial charge in [0, 0.05) is 16.2 Å². The highest BCUT2D eigenvalue weighted by Gasteiger charge is 2.07. The summed E-state index contributed by atoms with van der Waals surface area (Å²) >= 11 is 3.33. The molecule has 1 aromatic heterocycles. The Morgan fingerprint density at radius 2 is 2.00 bits per heavy atom. The molecule has 1 aromatic carbocycles. The predicted molar refractivity (Wildman–Crippen MR) is 87.0 cm³/mol. The second kappa shape index (κ2) is 8.13. The third kappa shape index (κ3) is 4.81. The molecule has 1 heterocycles. The summed E-state index contributed by atoms with van der Waals surface area (Å²) in [6.45, 7) is 2.72. The summed E-state index contributed by atoms with van der Waals surface area (Å²) in [6.07, 6.45) is 6.16. The maximum atomic E-state index is 14.0. The van der Waals surface area contributed by atoms with Crippen molar-refractivity contribution in [1.82, 2.24) is 4.98 Å². The minimum Gasteiger partial charge on any atom is -0.491 e. The highest BCUT2D eigenvalue weighted by atomic mass is 79.9. The van der Waals surface area contributed by atoms with Crippen LogP contribution in [0.25, 0.3) is 11.3 Å². The zero-order valence-corrected chi connectivity index (χ0v) is 13.7. The van der Waals surface area contributed by atoms with Crippen LogP contribution in [0.5, 0.6) is 5.75 Å². The molecule has 0 atom stereocenters. The molecule has 21 heavy (non-hydrogen) atoms. The van der Waals surface area contributed by atoms with Crippen molar-refractivity contribution in [3.63, 3.8) is 0 Å². The summed E-state index contributed by atoms with van der Waals surface area (Å²) in [5.41, 5.74) is 1.49. The lowest BCUT2D eigenvalue weighted by atomic mass is 10.1. The number of hydrogen-bond donors (Lipinski definition) is 0. The lowest BCUT2D eigenvalue weighted by molar-refractivity contribution is 0.290. The highest BCUT2D eigenvalue weighted by molar-refractivity contribution is 9.10. The maximum Gasteiger partial charge on any atom is 0.165 e. The molecule has 0 saturated carbocycles. The molecular formula is C17H19BrFNO. The second-order valence-corrected chi connectivity index (χ2v) is 5.83. The van der Waals surface area contributed by atoms with Crippen molar-refractivity contribution >= 4 is 15.9 Å². The first-order chi connectivity index (χ1) is 10.2. The summed E-state index contributed by atoms with van der Waals surface area (Å²) in [7, 11) is 0. The van der Waals surface area contributed by atoms with Crippen LogP contribution in [0.2, 0.25) is 0 Å². The van der Waals surface area contributed by atoms with Crippen molar-refractivity contribution in [2.45, 2.75) is 32.6 Å². The third-order valence-electron chi connectivity index (χ3n) is 3.21. The van der Waals surface area contributed by atoms with E-state index in [0.29, 0.717) is 12.4 Å². The van der Waals surface area contributed by atoms with Gasteiger partial charge in [0.1, 0.15) is 0 Å². The number of ether oxygens (including phenoxy) is 1. The van der Waals surface area contributed by atoms with Crippen molar-refractivity contribution in [3.05, 3.63) is 46.8 Å². The predicted octanol–water partition coefficient (Wildman–Crippen LogP) is 5.61. The number of hydrogen-bond acceptors (Lipinski definition) is 2. The number of nitrogens with zero attached hydrogens (tertiary/aromatic N) is 1. The zero-order valence-electron chi connectivity index (χ0n) is 12.1. The van der Waals surface area contributed by atoms with Crippen molar-refractivity contribution < 1.29 is 9.13 Å². The van der Waals surface area contributed by atoms with Crippen LogP contribution in [0.15, 0.2) is 41.0 Å². The average molecular weight is 352 g/mol. The summed E-state index contributed by atoms with van der Waals surface area (Å²) in [6, 6.07) is 8.72. The van der Waals surface area contributed by atoms with Crippen molar-refractivity contribution in [2.75, 3.05) is 6.61 Å². The largest absolute Gasteiger partial charge is 0.491 e. The molecule has 0 aliphatic heterocycles. The number of halogens is 2. The fourth-order valence-electron chi connectivity index (χ4n) is 2.03. The van der Waals surface area contributed by atoms with Gasteiger partial charge in [0.05, 0.1) is 12.3 Å². The Hall–Kier alpha value is -1.42. The number of unbranched alkanes of at least 4 members (excludes halogenated alkanes) is 3. The van der Waals surface area contributed by atoms with Crippen molar-refractivity contribution in [3.8, 4) is 17.0 Å². The molecule has 112 valence electrons. The zero-order chi connectivity index (χ0) is 15.1. The van der Waals surface area contributed by atoms with Gasteiger partial charge >= 0.3 is 0 Å². The normalized spacial score (nSPS) is 10.6. The van der Waals surface area contributed by atoms with E-state index in [-0.39, 0.29) is 5.82 Å². The van der Waals surface area contributed by atoms with E-state index in [9.17, 15) is 4.39 Å². The van der Waals surface area contributed by atoms with E-state index in [1.807, 2.05) is 18.2 Å². The highest BCUT2D eigenvalue weighted by Crippen LogP contribution is 2.25. The van der Waals surface area contributed by atoms with Gasteiger partial charge < -0.3 is 4.74 Å². The van der Waals surface area contributed by atoms with Crippen LogP contribution in [0.1, 0.15) is 32.6 Å². The molecular weight excluding hydrogens is 333 g/mol. The Balaban J connectivity index is 1.98. The fourth-order valence-corrected chi connectivity index (χ4v) is 2.27. The Labute approximate surface area is 133 Å². The molecule has 0 amide bonds. The molecule has 0 N–H and O–H groups in total. The van der Waals surface area contributed by atoms with Crippen LogP contribution < -0.4 is 4.74 Å². The first-order valence-electron chi connectivity index (χ1n) is 7.25. The topological polar surface area (TPSA) is 22.1 Å². The molecule has 0 aliphatic rings. The van der Waals surface area contributed by atoms with E-state index in [1.165, 1.54) is 18.9 Å². The first kappa shape index (κ1) is 16.0. The van der Waals surface area contributed by atoms with E-state index in [1.54, 1.807) is 12.3 Å². The average Bonchev–Trinajstić information content (AvgIpc) is 2.49. The molecule has 0 aliphatic carbocycles. The maximum absolute atomic E-state index is 14.0. The summed E-state index contributed by atoms with van der Waals surface area (Å²) in [5.74, 6) is -0.0277. The SMILES string of the molecule is CCCCCCOc1ccc(-c2ccc(Br)cn2)cc1F. The van der Waals surface area contributed by atoms with E-state index in [2.05, 4.69) is 27.8 Å². The molecule has 0 unspecified atom stereocenters. The summed E-state index contributed by atoms with van der Waals surface area (Å²) in [4.78, 5) is 4.26. The van der Waals surface area contributed by atoms with Gasteiger partial charge in [-0.15, -0.1) is 0 Å². The first-order valence-corrected chi connectivity index (χ1v) is 8.04. The standard InChI is InChI=1S/C17H19BrFNO/c1-2-3-4-5-10-21-17-9-6-13(11-15(17)19)16-8-7-14(18)12-20-16/h6-9,11-12H,2-5,10H2,1H3. The Morgan fingerprint density at radius 3 is 2.67 bits per heavy atom. The van der Waals surface area contributed by atoms with Crippen LogP contribution in [-0.2, 0) is 0 Å². The van der Waals surface area contributed by atoms with E-state index in [4.69, 9.17) is 4.74 Å². The van der Waals surface area contributed by atoms with Gasteiger partial charge in [-0.1, -0.05) is 26.2 Å². The van der Waals surface area contributed by atoms with E-state index >= 15 is 0 Å². The van der Waals surface area contributed by atoms with Crippen LogP contribution in [0.4, 0.5) is 4.39 Å². The summed E-state index contributed by atoms with van der Waals surface area (Å²) < 4.78 is 20.4. The third-order valence-corrected chi connectivity index (χ3v) is 3.68. The fraction of sp³-hybridized carbons (Fsp3) is 0.353. The quantitative estimate of drug-likeness (QED) is 0.604. The molecule has 0 fully saturated rings. The number of rotatable bonds is 7. The molecule has 0 bridgehead atoms. The Bertz CT molecular complexity index is 572. The molecule has 2 nitrogen and oxygen atoms in total. The van der Waals surface area contributed by atoms with Crippen molar-refractivity contribution in [1.29, 1.82) is 0 Å². The number of aromatic nitrogens is 1. The molecule has 0 radical (unpaired) electrons.